The van der Waals surface area contributed by atoms with Gasteiger partial charge < -0.3 is 19.8 Å². The van der Waals surface area contributed by atoms with E-state index in [0.717, 1.165) is 70.2 Å². The molecule has 7 atom stereocenters. The molecule has 8 rings (SSSR count). The van der Waals surface area contributed by atoms with Crippen LogP contribution in [-0.4, -0.2) is 76.7 Å². The predicted octanol–water partition coefficient (Wildman–Crippen LogP) is 8.14. The number of likely N-dealkylation sites (tertiary alicyclic amines) is 2. The molecule has 0 bridgehead atoms. The van der Waals surface area contributed by atoms with Crippen LogP contribution in [0.25, 0.3) is 22.3 Å². The lowest BCUT2D eigenvalue weighted by Gasteiger charge is -2.49. The van der Waals surface area contributed by atoms with Gasteiger partial charge in [0.25, 0.3) is 0 Å². The van der Waals surface area contributed by atoms with Crippen LogP contribution in [0.5, 0.6) is 0 Å². The Morgan fingerprint density at radius 1 is 1.02 bits per heavy atom. The summed E-state index contributed by atoms with van der Waals surface area (Å²) in [5.41, 5.74) is 5.11. The van der Waals surface area contributed by atoms with Crippen LogP contribution < -0.4 is 0 Å². The molecule has 0 radical (unpaired) electrons. The summed E-state index contributed by atoms with van der Waals surface area (Å²) in [6.07, 6.45) is 3.10. The number of nitrogens with zero attached hydrogens (tertiary/aromatic N) is 4. The number of rotatable bonds is 7. The fourth-order valence-corrected chi connectivity index (χ4v) is 11.3. The zero-order valence-electron chi connectivity index (χ0n) is 30.7. The highest BCUT2D eigenvalue weighted by Crippen LogP contribution is 2.70. The van der Waals surface area contributed by atoms with Gasteiger partial charge in [0.2, 0.25) is 11.8 Å². The predicted molar refractivity (Wildman–Crippen MR) is 207 cm³/mol. The molecule has 0 aliphatic carbocycles. The van der Waals surface area contributed by atoms with Gasteiger partial charge in [-0.1, -0.05) is 58.6 Å². The van der Waals surface area contributed by atoms with E-state index < -0.39 is 11.0 Å². The van der Waals surface area contributed by atoms with E-state index in [-0.39, 0.29) is 46.9 Å². The lowest BCUT2D eigenvalue weighted by Crippen LogP contribution is -2.56. The molecule has 4 aromatic rings. The molecule has 4 fully saturated rings. The molecule has 6 heterocycles. The van der Waals surface area contributed by atoms with E-state index in [9.17, 15) is 14.0 Å². The Hall–Kier alpha value is -3.75. The maximum atomic E-state index is 14.7. The summed E-state index contributed by atoms with van der Waals surface area (Å²) in [6, 6.07) is 14.0. The van der Waals surface area contributed by atoms with Gasteiger partial charge in [0.05, 0.1) is 46.2 Å². The van der Waals surface area contributed by atoms with Gasteiger partial charge in [-0.15, -0.1) is 11.8 Å². The minimum Gasteiger partial charge on any atom is -0.341 e. The van der Waals surface area contributed by atoms with Gasteiger partial charge in [-0.25, -0.2) is 14.4 Å². The second kappa shape index (κ2) is 13.3. The number of imidazole rings is 2. The van der Waals surface area contributed by atoms with E-state index in [4.69, 9.17) is 9.97 Å². The first-order chi connectivity index (χ1) is 24.9. The SMILES string of the molecule is CC(C)C(C)C(=O)N1CC(F)CC12SC2c1nc2ccc(C#Cc3ccc(-c4cnc(C5CCCN5C(=O)C5(C)CSC5C(C)C)[nH]4)cc3)cc2[nH]1. The maximum absolute atomic E-state index is 14.7. The summed E-state index contributed by atoms with van der Waals surface area (Å²) in [6.45, 7) is 13.5. The normalized spacial score (nSPS) is 28.8. The van der Waals surface area contributed by atoms with E-state index in [0.29, 0.717) is 17.6 Å². The molecule has 2 amide bonds. The van der Waals surface area contributed by atoms with Crippen molar-refractivity contribution in [1.29, 1.82) is 0 Å². The first-order valence-electron chi connectivity index (χ1n) is 18.6. The van der Waals surface area contributed by atoms with Crippen LogP contribution in [0.3, 0.4) is 0 Å². The Bertz CT molecular complexity index is 2080. The number of alkyl halides is 1. The minimum atomic E-state index is -1.02. The van der Waals surface area contributed by atoms with Crippen molar-refractivity contribution in [2.75, 3.05) is 18.8 Å². The second-order valence-electron chi connectivity index (χ2n) is 16.0. The second-order valence-corrected chi connectivity index (χ2v) is 18.6. The molecule has 4 saturated heterocycles. The van der Waals surface area contributed by atoms with Gasteiger partial charge in [0.1, 0.15) is 22.7 Å². The van der Waals surface area contributed by atoms with E-state index in [1.807, 2.05) is 81.2 Å². The number of hydrogen-bond acceptors (Lipinski definition) is 6. The number of benzene rings is 2. The third-order valence-corrected chi connectivity index (χ3v) is 15.5. The highest BCUT2D eigenvalue weighted by Gasteiger charge is 2.67. The highest BCUT2D eigenvalue weighted by atomic mass is 32.2. The Morgan fingerprint density at radius 2 is 1.77 bits per heavy atom. The van der Waals surface area contributed by atoms with Crippen molar-refractivity contribution < 1.29 is 14.0 Å². The summed E-state index contributed by atoms with van der Waals surface area (Å²) in [5, 5.41) is 0.291. The average Bonchev–Trinajstić information content (AvgIpc) is 3.65. The van der Waals surface area contributed by atoms with Crippen molar-refractivity contribution in [3.8, 4) is 23.1 Å². The highest BCUT2D eigenvalue weighted by molar-refractivity contribution is 8.08. The number of thioether (sulfide) groups is 2. The van der Waals surface area contributed by atoms with Crippen molar-refractivity contribution >= 4 is 46.4 Å². The number of carbonyl (C=O) groups is 2. The molecular formula is C41H47FN6O2S2. The van der Waals surface area contributed by atoms with Crippen molar-refractivity contribution in [3.63, 3.8) is 0 Å². The third-order valence-electron chi connectivity index (χ3n) is 11.7. The topological polar surface area (TPSA) is 98.0 Å². The van der Waals surface area contributed by atoms with Gasteiger partial charge >= 0.3 is 0 Å². The molecule has 52 heavy (non-hydrogen) atoms. The van der Waals surface area contributed by atoms with Gasteiger partial charge in [0.15, 0.2) is 0 Å². The number of amides is 2. The number of hydrogen-bond donors (Lipinski definition) is 2. The van der Waals surface area contributed by atoms with Crippen LogP contribution in [0.1, 0.15) is 94.9 Å². The van der Waals surface area contributed by atoms with Crippen molar-refractivity contribution in [2.24, 2.45) is 23.2 Å². The van der Waals surface area contributed by atoms with Crippen molar-refractivity contribution in [1.82, 2.24) is 29.7 Å². The molecule has 1 spiro atoms. The monoisotopic (exact) mass is 738 g/mol. The zero-order chi connectivity index (χ0) is 36.5. The molecule has 11 heteroatoms. The Morgan fingerprint density at radius 3 is 2.48 bits per heavy atom. The number of halogens is 1. The molecule has 4 aliphatic heterocycles. The van der Waals surface area contributed by atoms with Crippen LogP contribution in [0, 0.1) is 35.0 Å². The van der Waals surface area contributed by atoms with Crippen molar-refractivity contribution in [3.05, 3.63) is 71.4 Å². The van der Waals surface area contributed by atoms with E-state index in [2.05, 4.69) is 47.5 Å². The van der Waals surface area contributed by atoms with E-state index in [1.165, 1.54) is 0 Å². The molecule has 2 N–H and O–H groups in total. The van der Waals surface area contributed by atoms with Gasteiger partial charge in [-0.05, 0) is 67.5 Å². The number of nitrogens with one attached hydrogen (secondary N) is 2. The number of fused-ring (bicyclic) bond motifs is 1. The maximum Gasteiger partial charge on any atom is 0.231 e. The van der Waals surface area contributed by atoms with Crippen LogP contribution in [0.4, 0.5) is 4.39 Å². The molecule has 4 aliphatic rings. The lowest BCUT2D eigenvalue weighted by atomic mass is 9.80. The van der Waals surface area contributed by atoms with Crippen LogP contribution in [0.15, 0.2) is 48.7 Å². The quantitative estimate of drug-likeness (QED) is 0.147. The number of carbonyl (C=O) groups excluding carboxylic acids is 2. The summed E-state index contributed by atoms with van der Waals surface area (Å²) in [5.74, 6) is 9.92. The summed E-state index contributed by atoms with van der Waals surface area (Å²) >= 11 is 3.54. The van der Waals surface area contributed by atoms with Crippen molar-refractivity contribution in [2.45, 2.75) is 88.4 Å². The fourth-order valence-electron chi connectivity index (χ4n) is 8.38. The molecular weight excluding hydrogens is 692 g/mol. The molecule has 7 unspecified atom stereocenters. The summed E-state index contributed by atoms with van der Waals surface area (Å²) in [7, 11) is 0. The molecule has 272 valence electrons. The number of aromatic amines is 2. The Balaban J connectivity index is 0.936. The van der Waals surface area contributed by atoms with E-state index >= 15 is 0 Å². The number of aromatic nitrogens is 4. The minimum absolute atomic E-state index is 0.0169. The molecule has 8 nitrogen and oxygen atoms in total. The average molecular weight is 739 g/mol. The molecule has 2 aromatic carbocycles. The lowest BCUT2D eigenvalue weighted by molar-refractivity contribution is -0.142. The van der Waals surface area contributed by atoms with Gasteiger partial charge in [0, 0.05) is 41.0 Å². The molecule has 0 saturated carbocycles. The first-order valence-corrected chi connectivity index (χ1v) is 20.5. The van der Waals surface area contributed by atoms with E-state index in [1.54, 1.807) is 16.7 Å². The standard InChI is InChI=1S/C41H47FN6O2S2/c1-23(2)25(5)38(49)48-21-29(42)19-41(48)35(52-41)37-44-30-16-13-27(18-31(30)45-37)10-9-26-11-14-28(15-12-26)32-20-43-36(46-32)33-8-7-17-47(33)39(50)40(6)22-51-34(40)24(3)4/h11-16,18,20,23-25,29,33-35H,7-8,17,19,21-22H2,1-6H3,(H,43,46)(H,44,45). The Kier molecular flexibility index (Phi) is 9.01. The smallest absolute Gasteiger partial charge is 0.231 e. The first kappa shape index (κ1) is 35.3. The zero-order valence-corrected chi connectivity index (χ0v) is 32.3. The molecule has 2 aromatic heterocycles. The van der Waals surface area contributed by atoms with Gasteiger partial charge in [-0.3, -0.25) is 9.59 Å². The number of H-pyrrole nitrogens is 2. The summed E-state index contributed by atoms with van der Waals surface area (Å²) < 4.78 is 14.7. The van der Waals surface area contributed by atoms with Crippen LogP contribution in [-0.2, 0) is 9.59 Å². The van der Waals surface area contributed by atoms with Gasteiger partial charge in [-0.2, -0.15) is 11.8 Å². The van der Waals surface area contributed by atoms with Crippen LogP contribution in [0.2, 0.25) is 0 Å². The fraction of sp³-hybridized carbons (Fsp3) is 0.512. The Labute approximate surface area is 313 Å². The third kappa shape index (κ3) is 6.04. The summed E-state index contributed by atoms with van der Waals surface area (Å²) in [4.78, 5) is 46.9. The largest absolute Gasteiger partial charge is 0.341 e. The van der Waals surface area contributed by atoms with Crippen LogP contribution >= 0.6 is 23.5 Å².